The van der Waals surface area contributed by atoms with Gasteiger partial charge in [-0.1, -0.05) is 6.42 Å². The molecule has 2 N–H and O–H groups in total. The number of piperidine rings is 1. The number of halogens is 2. The number of benzene rings is 1. The Hall–Kier alpha value is -1.58. The summed E-state index contributed by atoms with van der Waals surface area (Å²) in [5.74, 6) is -2.62. The molecular weight excluding hydrogens is 364 g/mol. The van der Waals surface area contributed by atoms with E-state index in [9.17, 15) is 22.0 Å². The first-order valence-corrected chi connectivity index (χ1v) is 10.2. The van der Waals surface area contributed by atoms with Gasteiger partial charge in [-0.05, 0) is 44.5 Å². The molecule has 1 unspecified atom stereocenters. The minimum Gasteiger partial charge on any atom is -0.355 e. The average molecular weight is 389 g/mol. The number of rotatable bonds is 8. The molecule has 0 bridgehead atoms. The van der Waals surface area contributed by atoms with Crippen molar-refractivity contribution in [1.29, 1.82) is 0 Å². The third kappa shape index (κ3) is 6.00. The monoisotopic (exact) mass is 389 g/mol. The second kappa shape index (κ2) is 9.38. The van der Waals surface area contributed by atoms with E-state index in [1.807, 2.05) is 0 Å². The fraction of sp³-hybridized carbons (Fsp3) is 0.588. The zero-order chi connectivity index (χ0) is 19.2. The van der Waals surface area contributed by atoms with Gasteiger partial charge in [0, 0.05) is 32.1 Å². The summed E-state index contributed by atoms with van der Waals surface area (Å²) >= 11 is 0. The average Bonchev–Trinajstić information content (AvgIpc) is 2.59. The zero-order valence-electron chi connectivity index (χ0n) is 14.8. The molecule has 0 saturated carbocycles. The van der Waals surface area contributed by atoms with Crippen molar-refractivity contribution >= 4 is 15.9 Å². The number of hydrogen-bond donors (Lipinski definition) is 2. The van der Waals surface area contributed by atoms with Crippen molar-refractivity contribution in [2.45, 2.75) is 43.5 Å². The lowest BCUT2D eigenvalue weighted by Crippen LogP contribution is -2.42. The SMILES string of the molecule is CC1CCCCN1CCNC(=O)CCNS(=O)(=O)c1ccc(F)c(F)c1. The van der Waals surface area contributed by atoms with E-state index in [2.05, 4.69) is 21.9 Å². The first-order chi connectivity index (χ1) is 12.3. The number of likely N-dealkylation sites (tertiary alicyclic amines) is 1. The van der Waals surface area contributed by atoms with Gasteiger partial charge in [0.05, 0.1) is 4.90 Å². The molecule has 1 amide bonds. The summed E-state index contributed by atoms with van der Waals surface area (Å²) in [6.45, 7) is 4.37. The molecule has 1 aromatic rings. The van der Waals surface area contributed by atoms with E-state index in [1.165, 1.54) is 19.3 Å². The van der Waals surface area contributed by atoms with Crippen molar-refractivity contribution in [3.8, 4) is 0 Å². The molecule has 1 heterocycles. The van der Waals surface area contributed by atoms with Crippen LogP contribution in [0.3, 0.4) is 0 Å². The number of hydrogen-bond acceptors (Lipinski definition) is 4. The summed E-state index contributed by atoms with van der Waals surface area (Å²) in [5.41, 5.74) is 0. The van der Waals surface area contributed by atoms with E-state index in [4.69, 9.17) is 0 Å². The van der Waals surface area contributed by atoms with Gasteiger partial charge in [-0.3, -0.25) is 9.69 Å². The second-order valence-corrected chi connectivity index (χ2v) is 8.22. The largest absolute Gasteiger partial charge is 0.355 e. The first-order valence-electron chi connectivity index (χ1n) is 8.75. The van der Waals surface area contributed by atoms with Gasteiger partial charge in [-0.2, -0.15) is 0 Å². The summed E-state index contributed by atoms with van der Waals surface area (Å²) in [6, 6.07) is 2.85. The Balaban J connectivity index is 1.71. The summed E-state index contributed by atoms with van der Waals surface area (Å²) in [4.78, 5) is 13.8. The Kier molecular flexibility index (Phi) is 7.48. The molecule has 1 fully saturated rings. The lowest BCUT2D eigenvalue weighted by Gasteiger charge is -2.33. The van der Waals surface area contributed by atoms with Crippen molar-refractivity contribution in [2.75, 3.05) is 26.2 Å². The van der Waals surface area contributed by atoms with Gasteiger partial charge in [0.25, 0.3) is 0 Å². The van der Waals surface area contributed by atoms with Crippen LogP contribution in [0.25, 0.3) is 0 Å². The number of sulfonamides is 1. The molecule has 0 aromatic heterocycles. The number of nitrogens with zero attached hydrogens (tertiary/aromatic N) is 1. The first kappa shape index (κ1) is 20.7. The lowest BCUT2D eigenvalue weighted by atomic mass is 10.0. The van der Waals surface area contributed by atoms with Crippen LogP contribution in [0.4, 0.5) is 8.78 Å². The Morgan fingerprint density at radius 3 is 2.69 bits per heavy atom. The number of amides is 1. The van der Waals surface area contributed by atoms with Crippen molar-refractivity contribution in [1.82, 2.24) is 14.9 Å². The van der Waals surface area contributed by atoms with Crippen LogP contribution in [0.2, 0.25) is 0 Å². The Morgan fingerprint density at radius 1 is 1.23 bits per heavy atom. The highest BCUT2D eigenvalue weighted by molar-refractivity contribution is 7.89. The van der Waals surface area contributed by atoms with Crippen molar-refractivity contribution in [3.05, 3.63) is 29.8 Å². The minimum atomic E-state index is -3.99. The van der Waals surface area contributed by atoms with Crippen molar-refractivity contribution in [2.24, 2.45) is 0 Å². The number of nitrogens with one attached hydrogen (secondary N) is 2. The third-order valence-corrected chi connectivity index (χ3v) is 5.97. The van der Waals surface area contributed by atoms with Crippen LogP contribution in [-0.4, -0.2) is 51.4 Å². The molecule has 6 nitrogen and oxygen atoms in total. The van der Waals surface area contributed by atoms with Crippen LogP contribution in [0, 0.1) is 11.6 Å². The molecule has 0 spiro atoms. The number of carbonyl (C=O) groups excluding carboxylic acids is 1. The molecule has 1 atom stereocenters. The summed E-state index contributed by atoms with van der Waals surface area (Å²) < 4.78 is 52.2. The second-order valence-electron chi connectivity index (χ2n) is 6.45. The van der Waals surface area contributed by atoms with Crippen molar-refractivity contribution < 1.29 is 22.0 Å². The van der Waals surface area contributed by atoms with Gasteiger partial charge in [0.2, 0.25) is 15.9 Å². The zero-order valence-corrected chi connectivity index (χ0v) is 15.6. The van der Waals surface area contributed by atoms with Crippen LogP contribution in [0.1, 0.15) is 32.6 Å². The van der Waals surface area contributed by atoms with Crippen LogP contribution in [0.15, 0.2) is 23.1 Å². The summed E-state index contributed by atoms with van der Waals surface area (Å²) in [7, 11) is -3.99. The van der Waals surface area contributed by atoms with Crippen LogP contribution in [-0.2, 0) is 14.8 Å². The molecule has 26 heavy (non-hydrogen) atoms. The summed E-state index contributed by atoms with van der Waals surface area (Å²) in [5, 5.41) is 2.77. The number of carbonyl (C=O) groups is 1. The van der Waals surface area contributed by atoms with E-state index in [-0.39, 0.29) is 23.8 Å². The molecule has 0 aliphatic carbocycles. The highest BCUT2D eigenvalue weighted by Gasteiger charge is 2.18. The topological polar surface area (TPSA) is 78.5 Å². The standard InChI is InChI=1S/C17H25F2N3O3S/c1-13-4-2-3-10-22(13)11-9-20-17(23)7-8-21-26(24,25)14-5-6-15(18)16(19)12-14/h5-6,12-13,21H,2-4,7-11H2,1H3,(H,20,23). The van der Waals surface area contributed by atoms with E-state index >= 15 is 0 Å². The molecule has 1 aromatic carbocycles. The van der Waals surface area contributed by atoms with Gasteiger partial charge < -0.3 is 5.32 Å². The fourth-order valence-electron chi connectivity index (χ4n) is 2.94. The molecule has 1 aliphatic rings. The van der Waals surface area contributed by atoms with Gasteiger partial charge in [-0.25, -0.2) is 21.9 Å². The maximum Gasteiger partial charge on any atom is 0.240 e. The highest BCUT2D eigenvalue weighted by Crippen LogP contribution is 2.15. The van der Waals surface area contributed by atoms with Crippen LogP contribution < -0.4 is 10.0 Å². The van der Waals surface area contributed by atoms with Gasteiger partial charge in [0.1, 0.15) is 0 Å². The summed E-state index contributed by atoms with van der Waals surface area (Å²) in [6.07, 6.45) is 3.55. The minimum absolute atomic E-state index is 0.0293. The van der Waals surface area contributed by atoms with Crippen LogP contribution >= 0.6 is 0 Å². The fourth-order valence-corrected chi connectivity index (χ4v) is 3.99. The molecule has 9 heteroatoms. The maximum atomic E-state index is 13.1. The third-order valence-electron chi connectivity index (χ3n) is 4.51. The van der Waals surface area contributed by atoms with Crippen molar-refractivity contribution in [3.63, 3.8) is 0 Å². The quantitative estimate of drug-likeness (QED) is 0.708. The van der Waals surface area contributed by atoms with Crippen LogP contribution in [0.5, 0.6) is 0 Å². The predicted octanol–water partition coefficient (Wildman–Crippen LogP) is 1.62. The van der Waals surface area contributed by atoms with E-state index < -0.39 is 21.7 Å². The van der Waals surface area contributed by atoms with E-state index in [0.29, 0.717) is 18.7 Å². The molecule has 2 rings (SSSR count). The van der Waals surface area contributed by atoms with Gasteiger partial charge in [0.15, 0.2) is 11.6 Å². The molecular formula is C17H25F2N3O3S. The Morgan fingerprint density at radius 2 is 2.00 bits per heavy atom. The van der Waals surface area contributed by atoms with E-state index in [1.54, 1.807) is 0 Å². The normalized spacial score (nSPS) is 18.7. The Labute approximate surface area is 153 Å². The highest BCUT2D eigenvalue weighted by atomic mass is 32.2. The molecule has 146 valence electrons. The Bertz CT molecular complexity index is 728. The van der Waals surface area contributed by atoms with Gasteiger partial charge >= 0.3 is 0 Å². The molecule has 0 radical (unpaired) electrons. The van der Waals surface area contributed by atoms with Gasteiger partial charge in [-0.15, -0.1) is 0 Å². The predicted molar refractivity (Wildman–Crippen MR) is 94.1 cm³/mol. The molecule has 1 saturated heterocycles. The smallest absolute Gasteiger partial charge is 0.240 e. The maximum absolute atomic E-state index is 13.1. The van der Waals surface area contributed by atoms with E-state index in [0.717, 1.165) is 25.2 Å². The lowest BCUT2D eigenvalue weighted by molar-refractivity contribution is -0.121. The molecule has 1 aliphatic heterocycles.